The maximum Gasteiger partial charge on any atom is 0.453 e. The number of benzene rings is 6. The van der Waals surface area contributed by atoms with Crippen molar-refractivity contribution in [1.82, 2.24) is 0 Å². The van der Waals surface area contributed by atoms with Crippen LogP contribution in [0.4, 0.5) is 72.8 Å². The zero-order valence-corrected chi connectivity index (χ0v) is 41.4. The zero-order valence-electron chi connectivity index (χ0n) is 41.4. The third kappa shape index (κ3) is 17.3. The predicted octanol–water partition coefficient (Wildman–Crippen LogP) is 15.0. The Morgan fingerprint density at radius 1 is 0.425 bits per heavy atom. The van der Waals surface area contributed by atoms with Crippen LogP contribution in [-0.4, -0.2) is 49.4 Å². The molecule has 0 saturated carbocycles. The van der Waals surface area contributed by atoms with E-state index in [1.807, 2.05) is 0 Å². The van der Waals surface area contributed by atoms with Crippen molar-refractivity contribution in [2.24, 2.45) is 0 Å². The second-order valence-electron chi connectivity index (χ2n) is 17.4. The average Bonchev–Trinajstić information content (AvgIpc) is 3.44. The highest BCUT2D eigenvalue weighted by molar-refractivity contribution is 5.88. The number of esters is 2. The molecule has 0 saturated heterocycles. The van der Waals surface area contributed by atoms with Gasteiger partial charge < -0.3 is 39.9 Å². The van der Waals surface area contributed by atoms with Gasteiger partial charge in [-0.15, -0.1) is 0 Å². The SMILES string of the molecule is Nc1ccc(-c2ccc(N)cc2COC(=O)/C=C/c2ccc(OC(F)(F)c3ccc(OCCCC(F)(F)C(F)(F)F)cc3)cc2)c(COC(=O)/C=C/c2ccc(OC(F)(F)c3ccc(OCCCC(F)(F)C(F)(F)F)cc3)cc2)c1. The molecule has 0 bridgehead atoms. The minimum absolute atomic E-state index is 0.0476. The average molecular weight is 1140 g/mol. The van der Waals surface area contributed by atoms with E-state index in [1.165, 1.54) is 60.7 Å². The fraction of sp³-hybridized carbons (Fsp3) is 0.250. The van der Waals surface area contributed by atoms with Crippen molar-refractivity contribution < 1.29 is 99.5 Å². The van der Waals surface area contributed by atoms with E-state index >= 15 is 0 Å². The summed E-state index contributed by atoms with van der Waals surface area (Å²) in [4.78, 5) is 25.7. The number of nitrogen functional groups attached to an aromatic ring is 2. The van der Waals surface area contributed by atoms with Crippen LogP contribution in [0.2, 0.25) is 0 Å². The summed E-state index contributed by atoms with van der Waals surface area (Å²) in [6, 6.07) is 28.0. The number of halogens is 14. The maximum absolute atomic E-state index is 15.0. The van der Waals surface area contributed by atoms with Gasteiger partial charge >= 0.3 is 48.4 Å². The number of carbonyl (C=O) groups is 2. The second kappa shape index (κ2) is 25.6. The number of anilines is 2. The highest BCUT2D eigenvalue weighted by Crippen LogP contribution is 2.41. The van der Waals surface area contributed by atoms with Gasteiger partial charge in [0.05, 0.1) is 24.3 Å². The van der Waals surface area contributed by atoms with Crippen molar-refractivity contribution in [3.63, 3.8) is 0 Å². The lowest BCUT2D eigenvalue weighted by atomic mass is 9.95. The molecule has 0 unspecified atom stereocenters. The Labute approximate surface area is 447 Å². The largest absolute Gasteiger partial charge is 0.494 e. The highest BCUT2D eigenvalue weighted by atomic mass is 19.4. The normalized spacial score (nSPS) is 12.6. The lowest BCUT2D eigenvalue weighted by Gasteiger charge is -2.20. The van der Waals surface area contributed by atoms with E-state index in [2.05, 4.69) is 0 Å². The summed E-state index contributed by atoms with van der Waals surface area (Å²) >= 11 is 0. The summed E-state index contributed by atoms with van der Waals surface area (Å²) in [5.74, 6) is -12.0. The van der Waals surface area contributed by atoms with E-state index in [-0.39, 0.29) is 36.2 Å². The van der Waals surface area contributed by atoms with Crippen LogP contribution in [0.3, 0.4) is 0 Å². The van der Waals surface area contributed by atoms with Crippen molar-refractivity contribution in [3.8, 4) is 34.1 Å². The van der Waals surface area contributed by atoms with Crippen LogP contribution in [0.25, 0.3) is 23.3 Å². The molecule has 0 spiro atoms. The zero-order chi connectivity index (χ0) is 58.5. The molecule has 4 N–H and O–H groups in total. The molecular weight excluding hydrogens is 1090 g/mol. The van der Waals surface area contributed by atoms with E-state index < -0.39 is 98.4 Å². The predicted molar refractivity (Wildman–Crippen MR) is 265 cm³/mol. The Kier molecular flexibility index (Phi) is 19.4. The lowest BCUT2D eigenvalue weighted by molar-refractivity contribution is -0.284. The molecule has 0 amide bonds. The van der Waals surface area contributed by atoms with E-state index in [4.69, 9.17) is 39.9 Å². The number of nitrogens with two attached hydrogens (primary N) is 2. The topological polar surface area (TPSA) is 142 Å². The molecule has 80 heavy (non-hydrogen) atoms. The van der Waals surface area contributed by atoms with Crippen molar-refractivity contribution in [1.29, 1.82) is 0 Å². The van der Waals surface area contributed by atoms with Gasteiger partial charge in [0, 0.05) is 36.4 Å². The summed E-state index contributed by atoms with van der Waals surface area (Å²) in [7, 11) is 0. The molecule has 6 aromatic rings. The molecule has 6 rings (SSSR count). The van der Waals surface area contributed by atoms with Gasteiger partial charge in [0.15, 0.2) is 0 Å². The molecular formula is C56H46F14N2O8. The third-order valence-electron chi connectivity index (χ3n) is 11.4. The summed E-state index contributed by atoms with van der Waals surface area (Å²) in [6.45, 7) is -1.61. The minimum atomic E-state index is -5.70. The molecule has 6 aromatic carbocycles. The first-order valence-corrected chi connectivity index (χ1v) is 23.7. The van der Waals surface area contributed by atoms with Gasteiger partial charge in [-0.05, 0) is 155 Å². The van der Waals surface area contributed by atoms with Crippen molar-refractivity contribution in [2.45, 2.75) is 75.3 Å². The van der Waals surface area contributed by atoms with E-state index in [9.17, 15) is 71.1 Å². The van der Waals surface area contributed by atoms with Gasteiger partial charge in [0.1, 0.15) is 36.2 Å². The van der Waals surface area contributed by atoms with Crippen LogP contribution in [0, 0.1) is 0 Å². The van der Waals surface area contributed by atoms with Crippen molar-refractivity contribution >= 4 is 35.5 Å². The molecule has 24 heteroatoms. The van der Waals surface area contributed by atoms with Gasteiger partial charge in [-0.25, -0.2) is 9.59 Å². The standard InChI is InChI=1S/C56H46F14N2O8/c57-51(58,55(65,66)67)27-1-29-75-43-19-9-39(10-20-43)53(61,62)79-45-15-3-35(4-16-45)7-25-49(73)77-33-37-31-41(71)13-23-47(37)48-24-14-42(72)32-38(48)34-78-50(74)26-8-36-5-17-46(18-6-36)80-54(63,64)40-11-21-44(22-12-40)76-30-2-28-52(59,60)56(68,69)70/h3-26,31-32H,1-2,27-30,33-34,71-72H2/b25-7+,26-8+. The number of carbonyl (C=O) groups excluding carboxylic acids is 2. The summed E-state index contributed by atoms with van der Waals surface area (Å²) in [6.07, 6.45) is -18.6. The van der Waals surface area contributed by atoms with Crippen LogP contribution >= 0.6 is 0 Å². The molecule has 0 atom stereocenters. The second-order valence-corrected chi connectivity index (χ2v) is 17.4. The summed E-state index contributed by atoms with van der Waals surface area (Å²) in [5, 5.41) is 0. The molecule has 0 aliphatic rings. The quantitative estimate of drug-likeness (QED) is 0.0187. The number of rotatable bonds is 25. The molecule has 0 radical (unpaired) electrons. The first kappa shape index (κ1) is 60.8. The first-order chi connectivity index (χ1) is 37.5. The Balaban J connectivity index is 0.975. The number of hydrogen-bond donors (Lipinski definition) is 2. The van der Waals surface area contributed by atoms with Crippen molar-refractivity contribution in [3.05, 3.63) is 179 Å². The van der Waals surface area contributed by atoms with Crippen LogP contribution < -0.4 is 30.4 Å². The Morgan fingerprint density at radius 2 is 0.750 bits per heavy atom. The van der Waals surface area contributed by atoms with Gasteiger partial charge in [-0.3, -0.25) is 0 Å². The summed E-state index contributed by atoms with van der Waals surface area (Å²) in [5.41, 5.74) is 14.3. The number of ether oxygens (including phenoxy) is 6. The number of hydrogen-bond acceptors (Lipinski definition) is 10. The fourth-order valence-corrected chi connectivity index (χ4v) is 7.16. The molecule has 0 aliphatic carbocycles. The molecule has 0 aromatic heterocycles. The van der Waals surface area contributed by atoms with Crippen LogP contribution in [0.15, 0.2) is 146 Å². The van der Waals surface area contributed by atoms with E-state index in [1.54, 1.807) is 36.4 Å². The highest BCUT2D eigenvalue weighted by Gasteiger charge is 2.57. The van der Waals surface area contributed by atoms with Crippen LogP contribution in [0.5, 0.6) is 23.0 Å². The molecule has 426 valence electrons. The van der Waals surface area contributed by atoms with E-state index in [0.29, 0.717) is 44.8 Å². The smallest absolute Gasteiger partial charge is 0.453 e. The molecule has 0 heterocycles. The lowest BCUT2D eigenvalue weighted by Crippen LogP contribution is -2.36. The van der Waals surface area contributed by atoms with Gasteiger partial charge in [0.25, 0.3) is 0 Å². The Morgan fingerprint density at radius 3 is 1.07 bits per heavy atom. The number of alkyl halides is 14. The molecule has 0 fully saturated rings. The first-order valence-electron chi connectivity index (χ1n) is 23.7. The molecule has 10 nitrogen and oxygen atoms in total. The Bertz CT molecular complexity index is 2890. The maximum atomic E-state index is 15.0. The molecule has 0 aliphatic heterocycles. The summed E-state index contributed by atoms with van der Waals surface area (Å²) < 4.78 is 217. The Hall–Kier alpha value is -8.44. The van der Waals surface area contributed by atoms with Crippen molar-refractivity contribution in [2.75, 3.05) is 24.7 Å². The monoisotopic (exact) mass is 1140 g/mol. The van der Waals surface area contributed by atoms with E-state index in [0.717, 1.165) is 60.7 Å². The van der Waals surface area contributed by atoms with Crippen LogP contribution in [-0.2, 0) is 44.5 Å². The van der Waals surface area contributed by atoms with Crippen LogP contribution in [0.1, 0.15) is 59.1 Å². The fourth-order valence-electron chi connectivity index (χ4n) is 7.16. The minimum Gasteiger partial charge on any atom is -0.494 e. The van der Waals surface area contributed by atoms with Gasteiger partial charge in [0.2, 0.25) is 0 Å². The van der Waals surface area contributed by atoms with Gasteiger partial charge in [-0.1, -0.05) is 36.4 Å². The van der Waals surface area contributed by atoms with Gasteiger partial charge in [-0.2, -0.15) is 61.5 Å². The third-order valence-corrected chi connectivity index (χ3v) is 11.4.